The summed E-state index contributed by atoms with van der Waals surface area (Å²) in [5.74, 6) is -1.12. The van der Waals surface area contributed by atoms with E-state index in [4.69, 9.17) is 5.73 Å². The number of amides is 2. The van der Waals surface area contributed by atoms with Crippen molar-refractivity contribution in [2.45, 2.75) is 18.7 Å². The minimum absolute atomic E-state index is 0.0161. The van der Waals surface area contributed by atoms with E-state index in [0.29, 0.717) is 23.1 Å². The number of benzene rings is 1. The molecule has 1 aromatic carbocycles. The van der Waals surface area contributed by atoms with Crippen LogP contribution in [0.5, 0.6) is 0 Å². The van der Waals surface area contributed by atoms with Crippen LogP contribution in [0.15, 0.2) is 23.1 Å². The third-order valence-corrected chi connectivity index (χ3v) is 5.21. The molecule has 2 rings (SSSR count). The van der Waals surface area contributed by atoms with E-state index < -0.39 is 28.4 Å². The topological polar surface area (TPSA) is 101 Å². The molecule has 1 aliphatic rings. The van der Waals surface area contributed by atoms with Crippen LogP contribution in [0.2, 0.25) is 0 Å². The molecule has 0 saturated heterocycles. The molecule has 1 aromatic rings. The zero-order chi connectivity index (χ0) is 15.8. The van der Waals surface area contributed by atoms with Crippen molar-refractivity contribution >= 4 is 27.5 Å². The molecule has 1 aliphatic heterocycles. The number of rotatable bonds is 4. The summed E-state index contributed by atoms with van der Waals surface area (Å²) in [6, 6.07) is 4.02. The number of nitrogens with zero attached hydrogens (tertiary/aromatic N) is 2. The predicted octanol–water partition coefficient (Wildman–Crippen LogP) is 0.282. The SMILES string of the molecule is CCN(CC)C(=O)CN1C(=O)c2cc(N)ccc2S1(=O)=O. The molecular weight excluding hydrogens is 294 g/mol. The summed E-state index contributed by atoms with van der Waals surface area (Å²) in [7, 11) is -3.98. The minimum Gasteiger partial charge on any atom is -0.399 e. The van der Waals surface area contributed by atoms with Gasteiger partial charge in [-0.3, -0.25) is 9.59 Å². The molecule has 0 fully saturated rings. The second-order valence-corrected chi connectivity index (χ2v) is 6.47. The van der Waals surface area contributed by atoms with Crippen molar-refractivity contribution in [1.29, 1.82) is 0 Å². The van der Waals surface area contributed by atoms with E-state index in [2.05, 4.69) is 0 Å². The highest BCUT2D eigenvalue weighted by Gasteiger charge is 2.42. The van der Waals surface area contributed by atoms with Crippen LogP contribution in [0.25, 0.3) is 0 Å². The van der Waals surface area contributed by atoms with Crippen LogP contribution in [0.3, 0.4) is 0 Å². The number of anilines is 1. The maximum Gasteiger partial charge on any atom is 0.269 e. The zero-order valence-electron chi connectivity index (χ0n) is 11.9. The third kappa shape index (κ3) is 2.46. The Hall–Kier alpha value is -2.09. The van der Waals surface area contributed by atoms with Crippen LogP contribution in [0, 0.1) is 0 Å². The van der Waals surface area contributed by atoms with Crippen molar-refractivity contribution in [2.75, 3.05) is 25.4 Å². The number of likely N-dealkylation sites (N-methyl/N-ethyl adjacent to an activating group) is 1. The van der Waals surface area contributed by atoms with Gasteiger partial charge in [-0.05, 0) is 32.0 Å². The summed E-state index contributed by atoms with van der Waals surface area (Å²) in [5.41, 5.74) is 5.90. The molecule has 0 saturated carbocycles. The third-order valence-electron chi connectivity index (χ3n) is 3.42. The van der Waals surface area contributed by atoms with Crippen molar-refractivity contribution in [3.05, 3.63) is 23.8 Å². The molecule has 0 radical (unpaired) electrons. The number of carbonyl (C=O) groups excluding carboxylic acids is 2. The van der Waals surface area contributed by atoms with Crippen molar-refractivity contribution in [1.82, 2.24) is 9.21 Å². The fourth-order valence-corrected chi connectivity index (χ4v) is 3.76. The lowest BCUT2D eigenvalue weighted by Gasteiger charge is -2.22. The summed E-state index contributed by atoms with van der Waals surface area (Å²) < 4.78 is 25.3. The van der Waals surface area contributed by atoms with E-state index in [-0.39, 0.29) is 10.5 Å². The first-order chi connectivity index (χ1) is 9.82. The average molecular weight is 311 g/mol. The van der Waals surface area contributed by atoms with Crippen molar-refractivity contribution in [3.63, 3.8) is 0 Å². The Morgan fingerprint density at radius 1 is 1.29 bits per heavy atom. The summed E-state index contributed by atoms with van der Waals surface area (Å²) in [6.07, 6.45) is 0. The summed E-state index contributed by atoms with van der Waals surface area (Å²) >= 11 is 0. The van der Waals surface area contributed by atoms with Gasteiger partial charge in [0.1, 0.15) is 11.4 Å². The Balaban J connectivity index is 2.36. The van der Waals surface area contributed by atoms with Gasteiger partial charge in [-0.1, -0.05) is 0 Å². The molecule has 2 amide bonds. The first-order valence-corrected chi connectivity index (χ1v) is 8.01. The maximum absolute atomic E-state index is 12.3. The Kier molecular flexibility index (Phi) is 3.91. The first-order valence-electron chi connectivity index (χ1n) is 6.57. The lowest BCUT2D eigenvalue weighted by molar-refractivity contribution is -0.130. The molecule has 1 heterocycles. The van der Waals surface area contributed by atoms with Crippen LogP contribution < -0.4 is 5.73 Å². The van der Waals surface area contributed by atoms with E-state index in [0.717, 1.165) is 0 Å². The highest BCUT2D eigenvalue weighted by molar-refractivity contribution is 7.90. The molecule has 0 aromatic heterocycles. The molecule has 0 bridgehead atoms. The quantitative estimate of drug-likeness (QED) is 0.805. The number of nitrogens with two attached hydrogens (primary N) is 1. The fourth-order valence-electron chi connectivity index (χ4n) is 2.26. The standard InChI is InChI=1S/C13H17N3O4S/c1-3-15(4-2)12(17)8-16-13(18)10-7-9(14)5-6-11(10)21(16,19)20/h5-7H,3-4,8,14H2,1-2H3. The molecule has 7 nitrogen and oxygen atoms in total. The molecule has 21 heavy (non-hydrogen) atoms. The van der Waals surface area contributed by atoms with Crippen LogP contribution in [0.1, 0.15) is 24.2 Å². The Morgan fingerprint density at radius 3 is 2.48 bits per heavy atom. The highest BCUT2D eigenvalue weighted by Crippen LogP contribution is 2.31. The number of hydrogen-bond acceptors (Lipinski definition) is 5. The molecular formula is C13H17N3O4S. The second kappa shape index (κ2) is 5.36. The summed E-state index contributed by atoms with van der Waals surface area (Å²) in [4.78, 5) is 25.6. The number of sulfonamides is 1. The van der Waals surface area contributed by atoms with E-state index in [1.165, 1.54) is 23.1 Å². The van der Waals surface area contributed by atoms with E-state index in [1.54, 1.807) is 13.8 Å². The smallest absolute Gasteiger partial charge is 0.269 e. The Morgan fingerprint density at radius 2 is 1.90 bits per heavy atom. The molecule has 0 spiro atoms. The number of nitrogen functional groups attached to an aromatic ring is 1. The van der Waals surface area contributed by atoms with Gasteiger partial charge < -0.3 is 10.6 Å². The fraction of sp³-hybridized carbons (Fsp3) is 0.385. The molecule has 0 aliphatic carbocycles. The largest absolute Gasteiger partial charge is 0.399 e. The lowest BCUT2D eigenvalue weighted by atomic mass is 10.2. The first kappa shape index (κ1) is 15.3. The van der Waals surface area contributed by atoms with E-state index in [9.17, 15) is 18.0 Å². The van der Waals surface area contributed by atoms with Crippen LogP contribution in [-0.2, 0) is 14.8 Å². The van der Waals surface area contributed by atoms with Crippen LogP contribution in [-0.4, -0.2) is 49.1 Å². The Bertz CT molecular complexity index is 695. The van der Waals surface area contributed by atoms with Gasteiger partial charge in [-0.15, -0.1) is 0 Å². The van der Waals surface area contributed by atoms with Gasteiger partial charge in [0.2, 0.25) is 5.91 Å². The van der Waals surface area contributed by atoms with Gasteiger partial charge in [-0.2, -0.15) is 0 Å². The van der Waals surface area contributed by atoms with Gasteiger partial charge in [0.25, 0.3) is 15.9 Å². The van der Waals surface area contributed by atoms with Gasteiger partial charge in [0, 0.05) is 18.8 Å². The maximum atomic E-state index is 12.3. The normalized spacial score (nSPS) is 15.9. The molecule has 2 N–H and O–H groups in total. The number of fused-ring (bicyclic) bond motifs is 1. The number of carbonyl (C=O) groups is 2. The van der Waals surface area contributed by atoms with Crippen molar-refractivity contribution < 1.29 is 18.0 Å². The lowest BCUT2D eigenvalue weighted by Crippen LogP contribution is -2.42. The molecule has 0 unspecified atom stereocenters. The monoisotopic (exact) mass is 311 g/mol. The molecule has 114 valence electrons. The Labute approximate surface area is 123 Å². The van der Waals surface area contributed by atoms with Crippen molar-refractivity contribution in [2.24, 2.45) is 0 Å². The van der Waals surface area contributed by atoms with Crippen LogP contribution >= 0.6 is 0 Å². The van der Waals surface area contributed by atoms with Gasteiger partial charge in [-0.25, -0.2) is 12.7 Å². The van der Waals surface area contributed by atoms with Crippen molar-refractivity contribution in [3.8, 4) is 0 Å². The van der Waals surface area contributed by atoms with E-state index >= 15 is 0 Å². The van der Waals surface area contributed by atoms with Crippen LogP contribution in [0.4, 0.5) is 5.69 Å². The van der Waals surface area contributed by atoms with Gasteiger partial charge in [0.05, 0.1) is 5.56 Å². The number of hydrogen-bond donors (Lipinski definition) is 1. The van der Waals surface area contributed by atoms with E-state index in [1.807, 2.05) is 0 Å². The highest BCUT2D eigenvalue weighted by atomic mass is 32.2. The predicted molar refractivity (Wildman–Crippen MR) is 77.0 cm³/mol. The zero-order valence-corrected chi connectivity index (χ0v) is 12.7. The summed E-state index contributed by atoms with van der Waals surface area (Å²) in [6.45, 7) is 4.00. The minimum atomic E-state index is -3.98. The molecule has 8 heteroatoms. The summed E-state index contributed by atoms with van der Waals surface area (Å²) in [5, 5.41) is 0. The van der Waals surface area contributed by atoms with Gasteiger partial charge in [0.15, 0.2) is 0 Å². The average Bonchev–Trinajstić information content (AvgIpc) is 2.61. The van der Waals surface area contributed by atoms with Gasteiger partial charge >= 0.3 is 0 Å². The molecule has 0 atom stereocenters. The second-order valence-electron chi connectivity index (χ2n) is 4.64.